The van der Waals surface area contributed by atoms with Crippen LogP contribution in [0.2, 0.25) is 0 Å². The number of furan rings is 1. The second-order valence-corrected chi connectivity index (χ2v) is 6.20. The topological polar surface area (TPSA) is 93.4 Å². The van der Waals surface area contributed by atoms with Crippen molar-refractivity contribution in [1.29, 1.82) is 0 Å². The molecular formula is C17H15N3O5S. The predicted molar refractivity (Wildman–Crippen MR) is 93.6 cm³/mol. The number of thiocarbonyl (C=S) groups is 1. The van der Waals surface area contributed by atoms with Gasteiger partial charge in [-0.1, -0.05) is 0 Å². The van der Waals surface area contributed by atoms with Gasteiger partial charge in [-0.15, -0.1) is 0 Å². The molecule has 1 fully saturated rings. The van der Waals surface area contributed by atoms with Gasteiger partial charge in [0.05, 0.1) is 18.5 Å². The number of carbonyl (C=O) groups excluding carboxylic acids is 2. The fraction of sp³-hybridized carbons (Fsp3) is 0.294. The molecule has 3 heterocycles. The molecule has 1 N–H and O–H groups in total. The maximum absolute atomic E-state index is 12.8. The normalized spacial score (nSPS) is 21.0. The molecule has 3 aliphatic rings. The molecule has 1 aromatic heterocycles. The van der Waals surface area contributed by atoms with Gasteiger partial charge in [0.1, 0.15) is 11.7 Å². The van der Waals surface area contributed by atoms with E-state index in [1.54, 1.807) is 30.5 Å². The third-order valence-corrected chi connectivity index (χ3v) is 4.49. The highest BCUT2D eigenvalue weighted by Crippen LogP contribution is 2.31. The van der Waals surface area contributed by atoms with Gasteiger partial charge in [0.25, 0.3) is 0 Å². The van der Waals surface area contributed by atoms with Crippen molar-refractivity contribution in [2.45, 2.75) is 13.0 Å². The largest absolute Gasteiger partial charge is 0.467 e. The average molecular weight is 373 g/mol. The molecule has 8 nitrogen and oxygen atoms in total. The van der Waals surface area contributed by atoms with Crippen molar-refractivity contribution in [2.24, 2.45) is 10.9 Å². The molecule has 1 unspecified atom stereocenters. The minimum atomic E-state index is -0.576. The molecule has 2 amide bonds. The first-order valence-corrected chi connectivity index (χ1v) is 8.45. The number of nitrogens with one attached hydrogen (secondary N) is 1. The van der Waals surface area contributed by atoms with Crippen molar-refractivity contribution in [3.63, 3.8) is 0 Å². The predicted octanol–water partition coefficient (Wildman–Crippen LogP) is 1.26. The summed E-state index contributed by atoms with van der Waals surface area (Å²) in [7, 11) is 0. The highest BCUT2D eigenvalue weighted by molar-refractivity contribution is 7.80. The molecule has 1 aliphatic carbocycles. The first-order valence-electron chi connectivity index (χ1n) is 8.04. The summed E-state index contributed by atoms with van der Waals surface area (Å²) in [6.07, 6.45) is 5.00. The van der Waals surface area contributed by atoms with E-state index in [-0.39, 0.29) is 36.7 Å². The maximum Gasteiger partial charge on any atom is 0.241 e. The molecule has 0 radical (unpaired) electrons. The van der Waals surface area contributed by atoms with Crippen molar-refractivity contribution in [3.05, 3.63) is 47.8 Å². The summed E-state index contributed by atoms with van der Waals surface area (Å²) in [6.45, 7) is 0.577. The first-order chi connectivity index (χ1) is 12.6. The van der Waals surface area contributed by atoms with Crippen LogP contribution in [0.5, 0.6) is 0 Å². The van der Waals surface area contributed by atoms with Gasteiger partial charge in [-0.2, -0.15) is 0 Å². The Morgan fingerprint density at radius 1 is 1.38 bits per heavy atom. The van der Waals surface area contributed by atoms with Crippen molar-refractivity contribution >= 4 is 34.9 Å². The Balaban J connectivity index is 1.39. The van der Waals surface area contributed by atoms with E-state index in [2.05, 4.69) is 10.3 Å². The zero-order valence-electron chi connectivity index (χ0n) is 13.6. The van der Waals surface area contributed by atoms with Crippen LogP contribution >= 0.6 is 12.2 Å². The number of aliphatic imine (C=N–C) groups is 1. The summed E-state index contributed by atoms with van der Waals surface area (Å²) in [4.78, 5) is 30.4. The van der Waals surface area contributed by atoms with E-state index in [4.69, 9.17) is 26.1 Å². The number of rotatable bonds is 5. The first kappa shape index (κ1) is 16.5. The van der Waals surface area contributed by atoms with Gasteiger partial charge in [-0.3, -0.25) is 14.5 Å². The van der Waals surface area contributed by atoms with Crippen LogP contribution in [0.25, 0.3) is 0 Å². The zero-order valence-corrected chi connectivity index (χ0v) is 14.5. The Bertz CT molecular complexity index is 856. The molecule has 1 saturated heterocycles. The number of nitrogens with zero attached hydrogens (tertiary/aromatic N) is 2. The van der Waals surface area contributed by atoms with Gasteiger partial charge >= 0.3 is 0 Å². The van der Waals surface area contributed by atoms with E-state index in [1.807, 2.05) is 0 Å². The number of hydrogen-bond acceptors (Lipinski definition) is 6. The van der Waals surface area contributed by atoms with Crippen LogP contribution in [0.4, 0.5) is 0 Å². The lowest BCUT2D eigenvalue weighted by Gasteiger charge is -2.30. The molecular weight excluding hydrogens is 358 g/mol. The summed E-state index contributed by atoms with van der Waals surface area (Å²) in [5.41, 5.74) is 0.530. The second-order valence-electron chi connectivity index (χ2n) is 5.84. The lowest BCUT2D eigenvalue weighted by atomic mass is 9.94. The van der Waals surface area contributed by atoms with E-state index >= 15 is 0 Å². The minimum absolute atomic E-state index is 0.113. The maximum atomic E-state index is 12.8. The van der Waals surface area contributed by atoms with Gasteiger partial charge < -0.3 is 19.2 Å². The van der Waals surface area contributed by atoms with Gasteiger partial charge in [-0.25, -0.2) is 4.99 Å². The van der Waals surface area contributed by atoms with Crippen LogP contribution < -0.4 is 5.32 Å². The third-order valence-electron chi connectivity index (χ3n) is 4.18. The van der Waals surface area contributed by atoms with E-state index in [1.165, 1.54) is 4.90 Å². The third kappa shape index (κ3) is 3.13. The minimum Gasteiger partial charge on any atom is -0.467 e. The molecule has 0 aromatic carbocycles. The molecule has 0 saturated carbocycles. The van der Waals surface area contributed by atoms with Crippen LogP contribution in [0, 0.1) is 5.92 Å². The SMILES string of the molecule is O=C(CCN1C(=O)C2C=C3OCOC3=CC2=NC1=S)NCc1ccco1. The van der Waals surface area contributed by atoms with Gasteiger partial charge in [0.2, 0.25) is 23.7 Å². The molecule has 1 aromatic rings. The van der Waals surface area contributed by atoms with Crippen LogP contribution in [-0.4, -0.2) is 40.9 Å². The number of allylic oxidation sites excluding steroid dienone is 1. The van der Waals surface area contributed by atoms with E-state index in [9.17, 15) is 9.59 Å². The second kappa shape index (κ2) is 6.75. The quantitative estimate of drug-likeness (QED) is 0.781. The van der Waals surface area contributed by atoms with Crippen molar-refractivity contribution in [2.75, 3.05) is 13.3 Å². The molecule has 4 rings (SSSR count). The lowest BCUT2D eigenvalue weighted by Crippen LogP contribution is -2.47. The monoisotopic (exact) mass is 373 g/mol. The lowest BCUT2D eigenvalue weighted by molar-refractivity contribution is -0.129. The average Bonchev–Trinajstić information content (AvgIpc) is 3.29. The smallest absolute Gasteiger partial charge is 0.241 e. The Labute approximate surface area is 154 Å². The highest BCUT2D eigenvalue weighted by atomic mass is 32.1. The van der Waals surface area contributed by atoms with Crippen LogP contribution in [-0.2, 0) is 25.6 Å². The number of ether oxygens (including phenoxy) is 2. The molecule has 26 heavy (non-hydrogen) atoms. The summed E-state index contributed by atoms with van der Waals surface area (Å²) >= 11 is 5.22. The Hall–Kier alpha value is -2.94. The molecule has 2 aliphatic heterocycles. The van der Waals surface area contributed by atoms with Crippen molar-refractivity contribution in [3.8, 4) is 0 Å². The van der Waals surface area contributed by atoms with E-state index in [0.29, 0.717) is 29.5 Å². The van der Waals surface area contributed by atoms with Crippen LogP contribution in [0.15, 0.2) is 51.5 Å². The zero-order chi connectivity index (χ0) is 18.1. The molecule has 9 heteroatoms. The van der Waals surface area contributed by atoms with Gasteiger partial charge in [0.15, 0.2) is 11.5 Å². The summed E-state index contributed by atoms with van der Waals surface area (Å²) in [5, 5.41) is 2.88. The molecule has 0 spiro atoms. The molecule has 0 bridgehead atoms. The van der Waals surface area contributed by atoms with E-state index in [0.717, 1.165) is 0 Å². The summed E-state index contributed by atoms with van der Waals surface area (Å²) < 4.78 is 15.8. The number of carbonyl (C=O) groups is 2. The molecule has 134 valence electrons. The van der Waals surface area contributed by atoms with Crippen molar-refractivity contribution in [1.82, 2.24) is 10.2 Å². The number of hydrogen-bond donors (Lipinski definition) is 1. The van der Waals surface area contributed by atoms with Crippen LogP contribution in [0.3, 0.4) is 0 Å². The summed E-state index contributed by atoms with van der Waals surface area (Å²) in [6, 6.07) is 3.52. The highest BCUT2D eigenvalue weighted by Gasteiger charge is 2.38. The standard InChI is InChI=1S/C17H15N3O5S/c21-15(18-8-10-2-1-5-23-10)3-4-20-16(22)11-6-13-14(25-9-24-13)7-12(11)19-17(20)26/h1-2,5-7,11H,3-4,8-9H2,(H,18,21). The Morgan fingerprint density at radius 2 is 2.23 bits per heavy atom. The number of amides is 2. The van der Waals surface area contributed by atoms with Crippen LogP contribution in [0.1, 0.15) is 12.2 Å². The Morgan fingerprint density at radius 3 is 3.04 bits per heavy atom. The molecule has 1 atom stereocenters. The fourth-order valence-electron chi connectivity index (χ4n) is 2.84. The van der Waals surface area contributed by atoms with Crippen molar-refractivity contribution < 1.29 is 23.5 Å². The van der Waals surface area contributed by atoms with Gasteiger partial charge in [-0.05, 0) is 30.4 Å². The van der Waals surface area contributed by atoms with E-state index < -0.39 is 5.92 Å². The fourth-order valence-corrected chi connectivity index (χ4v) is 3.13. The van der Waals surface area contributed by atoms with Gasteiger partial charge in [0, 0.05) is 19.0 Å². The summed E-state index contributed by atoms with van der Waals surface area (Å²) in [5.74, 6) is 0.744. The Kier molecular flexibility index (Phi) is 4.29. The number of fused-ring (bicyclic) bond motifs is 2.